The summed E-state index contributed by atoms with van der Waals surface area (Å²) in [5.41, 5.74) is 0.774. The van der Waals surface area contributed by atoms with Crippen LogP contribution in [-0.2, 0) is 9.53 Å². The molecule has 0 aliphatic carbocycles. The molecule has 7 heteroatoms. The highest BCUT2D eigenvalue weighted by Crippen LogP contribution is 2.39. The summed E-state index contributed by atoms with van der Waals surface area (Å²) in [6, 6.07) is 5.19. The van der Waals surface area contributed by atoms with Crippen LogP contribution in [0.5, 0.6) is 0 Å². The summed E-state index contributed by atoms with van der Waals surface area (Å²) >= 11 is 0. The number of carbonyl (C=O) groups excluding carboxylic acids is 2. The first kappa shape index (κ1) is 18.3. The molecule has 1 atom stereocenters. The van der Waals surface area contributed by atoms with Gasteiger partial charge in [0.15, 0.2) is 0 Å². The van der Waals surface area contributed by atoms with Crippen molar-refractivity contribution in [1.82, 2.24) is 14.8 Å². The summed E-state index contributed by atoms with van der Waals surface area (Å²) in [4.78, 5) is 32.8. The largest absolute Gasteiger partial charge is 0.383 e. The summed E-state index contributed by atoms with van der Waals surface area (Å²) in [5, 5.41) is 8.84. The average molecular weight is 356 g/mol. The molecule has 2 fully saturated rings. The maximum absolute atomic E-state index is 12.8. The van der Waals surface area contributed by atoms with E-state index in [4.69, 9.17) is 10.00 Å². The van der Waals surface area contributed by atoms with Gasteiger partial charge in [-0.15, -0.1) is 0 Å². The molecular weight excluding hydrogens is 332 g/mol. The van der Waals surface area contributed by atoms with Crippen LogP contribution < -0.4 is 0 Å². The van der Waals surface area contributed by atoms with Gasteiger partial charge in [0.2, 0.25) is 5.91 Å². The zero-order valence-electron chi connectivity index (χ0n) is 15.1. The van der Waals surface area contributed by atoms with Gasteiger partial charge >= 0.3 is 0 Å². The molecule has 2 aliphatic heterocycles. The van der Waals surface area contributed by atoms with E-state index in [1.165, 1.54) is 6.20 Å². The third kappa shape index (κ3) is 3.86. The Hall–Kier alpha value is -2.46. The molecule has 0 bridgehead atoms. The van der Waals surface area contributed by atoms with Gasteiger partial charge in [0.05, 0.1) is 12.2 Å². The fourth-order valence-corrected chi connectivity index (χ4v) is 3.99. The molecule has 0 unspecified atom stereocenters. The van der Waals surface area contributed by atoms with Crippen LogP contribution in [0.1, 0.15) is 41.7 Å². The van der Waals surface area contributed by atoms with Gasteiger partial charge in [-0.2, -0.15) is 5.26 Å². The van der Waals surface area contributed by atoms with E-state index < -0.39 is 0 Å². The second-order valence-corrected chi connectivity index (χ2v) is 7.18. The molecule has 1 aromatic heterocycles. The third-order valence-electron chi connectivity index (χ3n) is 5.39. The van der Waals surface area contributed by atoms with Crippen molar-refractivity contribution in [3.05, 3.63) is 29.6 Å². The van der Waals surface area contributed by atoms with E-state index in [0.29, 0.717) is 50.5 Å². The Balaban J connectivity index is 1.70. The predicted molar refractivity (Wildman–Crippen MR) is 94.2 cm³/mol. The molecule has 26 heavy (non-hydrogen) atoms. The average Bonchev–Trinajstić information content (AvgIpc) is 2.68. The number of rotatable bonds is 4. The minimum Gasteiger partial charge on any atom is -0.383 e. The molecule has 2 saturated heterocycles. The smallest absolute Gasteiger partial charge is 0.255 e. The lowest BCUT2D eigenvalue weighted by Gasteiger charge is -2.48. The Morgan fingerprint density at radius 3 is 2.92 bits per heavy atom. The number of methoxy groups -OCH3 is 1. The number of hydrogen-bond acceptors (Lipinski definition) is 5. The maximum Gasteiger partial charge on any atom is 0.255 e. The van der Waals surface area contributed by atoms with Crippen LogP contribution in [0.15, 0.2) is 18.3 Å². The normalized spacial score (nSPS) is 23.2. The van der Waals surface area contributed by atoms with E-state index in [1.807, 2.05) is 15.9 Å². The Bertz CT molecular complexity index is 712. The number of hydrogen-bond donors (Lipinski definition) is 0. The van der Waals surface area contributed by atoms with Crippen LogP contribution in [0.4, 0.5) is 0 Å². The number of piperidine rings is 2. The number of ether oxygens (including phenoxy) is 1. The second-order valence-electron chi connectivity index (χ2n) is 7.18. The van der Waals surface area contributed by atoms with Gasteiger partial charge in [-0.05, 0) is 31.4 Å². The number of nitriles is 1. The van der Waals surface area contributed by atoms with Crippen LogP contribution in [0.25, 0.3) is 0 Å². The topological polar surface area (TPSA) is 86.5 Å². The highest BCUT2D eigenvalue weighted by Gasteiger charge is 2.42. The molecule has 7 nitrogen and oxygen atoms in total. The maximum atomic E-state index is 12.8. The Labute approximate surface area is 153 Å². The molecule has 0 aromatic carbocycles. The lowest BCUT2D eigenvalue weighted by atomic mass is 9.73. The van der Waals surface area contributed by atoms with Crippen LogP contribution in [0.2, 0.25) is 0 Å². The van der Waals surface area contributed by atoms with Gasteiger partial charge < -0.3 is 14.5 Å². The van der Waals surface area contributed by atoms with Crippen molar-refractivity contribution >= 4 is 11.8 Å². The third-order valence-corrected chi connectivity index (χ3v) is 5.39. The van der Waals surface area contributed by atoms with E-state index in [9.17, 15) is 9.59 Å². The summed E-state index contributed by atoms with van der Waals surface area (Å²) in [7, 11) is 1.64. The van der Waals surface area contributed by atoms with Gasteiger partial charge in [-0.3, -0.25) is 9.59 Å². The molecule has 0 N–H and O–H groups in total. The lowest BCUT2D eigenvalue weighted by Crippen LogP contribution is -2.55. The molecule has 3 rings (SSSR count). The van der Waals surface area contributed by atoms with Crippen molar-refractivity contribution < 1.29 is 14.3 Å². The van der Waals surface area contributed by atoms with Crippen molar-refractivity contribution in [2.75, 3.05) is 39.9 Å². The zero-order chi connectivity index (χ0) is 18.6. The van der Waals surface area contributed by atoms with Crippen molar-refractivity contribution in [1.29, 1.82) is 5.26 Å². The molecule has 138 valence electrons. The van der Waals surface area contributed by atoms with Crippen LogP contribution in [0.3, 0.4) is 0 Å². The molecule has 0 saturated carbocycles. The minimum atomic E-state index is -0.0543. The second kappa shape index (κ2) is 7.83. The van der Waals surface area contributed by atoms with E-state index in [2.05, 4.69) is 4.98 Å². The lowest BCUT2D eigenvalue weighted by molar-refractivity contribution is -0.139. The van der Waals surface area contributed by atoms with E-state index in [0.717, 1.165) is 19.3 Å². The van der Waals surface area contributed by atoms with Gasteiger partial charge in [-0.1, -0.05) is 0 Å². The van der Waals surface area contributed by atoms with Gasteiger partial charge in [-0.25, -0.2) is 4.98 Å². The summed E-state index contributed by atoms with van der Waals surface area (Å²) in [5.74, 6) is 0.119. The van der Waals surface area contributed by atoms with Crippen molar-refractivity contribution in [3.63, 3.8) is 0 Å². The van der Waals surface area contributed by atoms with Crippen LogP contribution >= 0.6 is 0 Å². The zero-order valence-corrected chi connectivity index (χ0v) is 15.1. The number of aromatic nitrogens is 1. The summed E-state index contributed by atoms with van der Waals surface area (Å²) < 4.78 is 5.12. The summed E-state index contributed by atoms with van der Waals surface area (Å²) in [6.45, 7) is 3.19. The molecule has 1 aromatic rings. The van der Waals surface area contributed by atoms with Gasteiger partial charge in [0, 0.05) is 51.3 Å². The molecule has 0 radical (unpaired) electrons. The van der Waals surface area contributed by atoms with E-state index in [1.54, 1.807) is 19.2 Å². The molecule has 2 amide bonds. The molecule has 2 aliphatic rings. The van der Waals surface area contributed by atoms with Gasteiger partial charge in [0.25, 0.3) is 5.91 Å². The molecule has 1 spiro atoms. The number of pyridine rings is 1. The molecule has 3 heterocycles. The van der Waals surface area contributed by atoms with Gasteiger partial charge in [0.1, 0.15) is 11.8 Å². The number of amides is 2. The first-order valence-corrected chi connectivity index (χ1v) is 8.99. The van der Waals surface area contributed by atoms with Crippen molar-refractivity contribution in [2.45, 2.75) is 25.7 Å². The fourth-order valence-electron chi connectivity index (χ4n) is 3.99. The Kier molecular flexibility index (Phi) is 5.52. The highest BCUT2D eigenvalue weighted by molar-refractivity contribution is 5.94. The fraction of sp³-hybridized carbons (Fsp3) is 0.579. The Morgan fingerprint density at radius 1 is 1.38 bits per heavy atom. The van der Waals surface area contributed by atoms with E-state index in [-0.39, 0.29) is 17.2 Å². The van der Waals surface area contributed by atoms with Crippen molar-refractivity contribution in [3.8, 4) is 6.07 Å². The molecular formula is C19H24N4O3. The van der Waals surface area contributed by atoms with Crippen LogP contribution in [-0.4, -0.2) is 66.5 Å². The first-order valence-electron chi connectivity index (χ1n) is 8.99. The predicted octanol–water partition coefficient (Wildman–Crippen LogP) is 1.44. The van der Waals surface area contributed by atoms with E-state index >= 15 is 0 Å². The number of carbonyl (C=O) groups is 2. The highest BCUT2D eigenvalue weighted by atomic mass is 16.5. The number of likely N-dealkylation sites (tertiary alicyclic amines) is 2. The van der Waals surface area contributed by atoms with Crippen molar-refractivity contribution in [2.24, 2.45) is 5.41 Å². The summed E-state index contributed by atoms with van der Waals surface area (Å²) in [6.07, 6.45) is 4.78. The monoisotopic (exact) mass is 356 g/mol. The quantitative estimate of drug-likeness (QED) is 0.815. The first-order chi connectivity index (χ1) is 12.6. The Morgan fingerprint density at radius 2 is 2.23 bits per heavy atom. The number of nitrogens with zero attached hydrogens (tertiary/aromatic N) is 4. The SMILES string of the molecule is COCCN1C[C@]2(CCCN(C(=O)c3ccc(C#N)nc3)C2)CCC1=O. The standard InChI is InChI=1S/C19H24N4O3/c1-26-10-9-22-13-19(7-5-17(22)24)6-2-8-23(14-19)18(25)15-3-4-16(11-20)21-12-15/h3-4,12H,2,5-10,13-14H2,1H3/t19-/m0/s1. The minimum absolute atomic E-state index is 0.0322. The van der Waals surface area contributed by atoms with Crippen LogP contribution in [0, 0.1) is 16.7 Å².